The molecule has 3 aromatic carbocycles. The van der Waals surface area contributed by atoms with Gasteiger partial charge in [0.1, 0.15) is 11.3 Å². The first-order valence-corrected chi connectivity index (χ1v) is 17.3. The molecule has 1 saturated heterocycles. The van der Waals surface area contributed by atoms with Crippen molar-refractivity contribution in [3.63, 3.8) is 0 Å². The first kappa shape index (κ1) is 30.6. The predicted molar refractivity (Wildman–Crippen MR) is 167 cm³/mol. The number of rotatable bonds is 11. The molecule has 10 nitrogen and oxygen atoms in total. The molecule has 0 aliphatic carbocycles. The number of piperazine rings is 1. The van der Waals surface area contributed by atoms with Crippen LogP contribution in [0.5, 0.6) is 0 Å². The second-order valence-electron chi connectivity index (χ2n) is 10.7. The summed E-state index contributed by atoms with van der Waals surface area (Å²) in [5.74, 6) is -0.403. The van der Waals surface area contributed by atoms with Crippen LogP contribution in [0.3, 0.4) is 0 Å². The van der Waals surface area contributed by atoms with Crippen LogP contribution in [0.2, 0.25) is 0 Å². The minimum atomic E-state index is -4.00. The fourth-order valence-corrected chi connectivity index (χ4v) is 7.69. The zero-order chi connectivity index (χ0) is 30.8. The molecule has 43 heavy (non-hydrogen) atoms. The van der Waals surface area contributed by atoms with Gasteiger partial charge in [0.15, 0.2) is 0 Å². The SMILES string of the molecule is Cc1c(CCC(=O)O)oc2ccc(S(=O)(=O)N(CCc3ccccc3)c3ccc(N4CCN(S(C)(=O)=O)CC4)cc3)cc12. The molecule has 1 N–H and O–H groups in total. The Kier molecular flexibility index (Phi) is 8.81. The molecule has 1 aliphatic rings. The van der Waals surface area contributed by atoms with E-state index in [-0.39, 0.29) is 24.3 Å². The predicted octanol–water partition coefficient (Wildman–Crippen LogP) is 4.28. The molecule has 5 rings (SSSR count). The Balaban J connectivity index is 1.44. The minimum absolute atomic E-state index is 0.0809. The van der Waals surface area contributed by atoms with E-state index < -0.39 is 26.0 Å². The van der Waals surface area contributed by atoms with Crippen LogP contribution in [0, 0.1) is 6.92 Å². The molecular formula is C31H35N3O7S2. The molecule has 228 valence electrons. The van der Waals surface area contributed by atoms with Crippen molar-refractivity contribution in [2.24, 2.45) is 0 Å². The minimum Gasteiger partial charge on any atom is -0.481 e. The third-order valence-corrected chi connectivity index (χ3v) is 10.9. The fourth-order valence-electron chi connectivity index (χ4n) is 5.37. The van der Waals surface area contributed by atoms with Gasteiger partial charge < -0.3 is 14.4 Å². The van der Waals surface area contributed by atoms with Crippen molar-refractivity contribution in [3.05, 3.63) is 89.7 Å². The van der Waals surface area contributed by atoms with Gasteiger partial charge in [-0.25, -0.2) is 16.8 Å². The Morgan fingerprint density at radius 1 is 0.907 bits per heavy atom. The van der Waals surface area contributed by atoms with Crippen LogP contribution in [0.1, 0.15) is 23.3 Å². The largest absolute Gasteiger partial charge is 0.481 e. The summed E-state index contributed by atoms with van der Waals surface area (Å²) in [6, 6.07) is 21.7. The van der Waals surface area contributed by atoms with Crippen molar-refractivity contribution in [1.82, 2.24) is 4.31 Å². The average molecular weight is 626 g/mol. The lowest BCUT2D eigenvalue weighted by atomic mass is 10.1. The molecule has 0 saturated carbocycles. The zero-order valence-corrected chi connectivity index (χ0v) is 25.8. The molecule has 0 amide bonds. The highest BCUT2D eigenvalue weighted by Crippen LogP contribution is 2.32. The van der Waals surface area contributed by atoms with Gasteiger partial charge in [0.2, 0.25) is 10.0 Å². The maximum absolute atomic E-state index is 14.2. The van der Waals surface area contributed by atoms with Crippen molar-refractivity contribution < 1.29 is 31.2 Å². The van der Waals surface area contributed by atoms with Crippen LogP contribution in [-0.4, -0.2) is 71.2 Å². The van der Waals surface area contributed by atoms with Gasteiger partial charge in [-0.3, -0.25) is 9.10 Å². The number of aliphatic carboxylic acids is 1. The highest BCUT2D eigenvalue weighted by molar-refractivity contribution is 7.92. The summed E-state index contributed by atoms with van der Waals surface area (Å²) in [6.45, 7) is 3.89. The van der Waals surface area contributed by atoms with E-state index in [9.17, 15) is 21.6 Å². The normalized spacial score (nSPS) is 14.7. The molecule has 2 heterocycles. The van der Waals surface area contributed by atoms with Crippen LogP contribution in [0.15, 0.2) is 82.1 Å². The third-order valence-electron chi connectivity index (χ3n) is 7.82. The third kappa shape index (κ3) is 6.87. The van der Waals surface area contributed by atoms with Gasteiger partial charge in [-0.2, -0.15) is 4.31 Å². The van der Waals surface area contributed by atoms with Crippen molar-refractivity contribution >= 4 is 48.4 Å². The van der Waals surface area contributed by atoms with E-state index in [4.69, 9.17) is 9.52 Å². The summed E-state index contributed by atoms with van der Waals surface area (Å²) in [7, 11) is -7.24. The number of benzene rings is 3. The van der Waals surface area contributed by atoms with Crippen LogP contribution >= 0.6 is 0 Å². The van der Waals surface area contributed by atoms with Gasteiger partial charge in [-0.15, -0.1) is 0 Å². The number of carboxylic acids is 1. The Morgan fingerprint density at radius 3 is 2.21 bits per heavy atom. The number of sulfonamides is 2. The standard InChI is InChI=1S/C31H35N3O7S2/c1-23-28-22-27(12-13-30(28)41-29(23)14-15-31(35)36)43(39,40)34(17-16-24-6-4-3-5-7-24)26-10-8-25(9-11-26)32-18-20-33(21-19-32)42(2,37)38/h3-13,22H,14-21H2,1-2H3,(H,35,36). The van der Waals surface area contributed by atoms with Crippen molar-refractivity contribution in [2.45, 2.75) is 31.1 Å². The van der Waals surface area contributed by atoms with Gasteiger partial charge in [0.05, 0.1) is 23.3 Å². The number of anilines is 2. The Morgan fingerprint density at radius 2 is 1.58 bits per heavy atom. The zero-order valence-electron chi connectivity index (χ0n) is 24.1. The Bertz CT molecular complexity index is 1810. The van der Waals surface area contributed by atoms with Crippen LogP contribution in [-0.2, 0) is 37.7 Å². The molecule has 0 unspecified atom stereocenters. The molecule has 0 radical (unpaired) electrons. The average Bonchev–Trinajstić information content (AvgIpc) is 3.31. The van der Waals surface area contributed by atoms with Gasteiger partial charge in [-0.05, 0) is 66.9 Å². The molecule has 1 aliphatic heterocycles. The van der Waals surface area contributed by atoms with E-state index in [2.05, 4.69) is 4.90 Å². The summed E-state index contributed by atoms with van der Waals surface area (Å²) < 4.78 is 60.9. The molecule has 0 atom stereocenters. The van der Waals surface area contributed by atoms with Gasteiger partial charge in [-0.1, -0.05) is 30.3 Å². The molecule has 4 aromatic rings. The van der Waals surface area contributed by atoms with E-state index >= 15 is 0 Å². The molecule has 1 aromatic heterocycles. The Labute approximate surface area is 252 Å². The smallest absolute Gasteiger partial charge is 0.303 e. The first-order valence-electron chi connectivity index (χ1n) is 14.0. The summed E-state index contributed by atoms with van der Waals surface area (Å²) >= 11 is 0. The van der Waals surface area contributed by atoms with Gasteiger partial charge in [0, 0.05) is 50.2 Å². The monoisotopic (exact) mass is 625 g/mol. The summed E-state index contributed by atoms with van der Waals surface area (Å²) in [5.41, 5.74) is 3.65. The number of hydrogen-bond donors (Lipinski definition) is 1. The number of aryl methyl sites for hydroxylation is 2. The number of fused-ring (bicyclic) bond motifs is 1. The highest BCUT2D eigenvalue weighted by Gasteiger charge is 2.27. The van der Waals surface area contributed by atoms with Gasteiger partial charge >= 0.3 is 5.97 Å². The lowest BCUT2D eigenvalue weighted by Gasteiger charge is -2.35. The van der Waals surface area contributed by atoms with E-state index in [1.54, 1.807) is 31.2 Å². The second-order valence-corrected chi connectivity index (χ2v) is 14.5. The van der Waals surface area contributed by atoms with E-state index in [1.165, 1.54) is 20.9 Å². The topological polar surface area (TPSA) is 128 Å². The van der Waals surface area contributed by atoms with Crippen molar-refractivity contribution in [3.8, 4) is 0 Å². The number of carboxylic acid groups (broad SMARTS) is 1. The quantitative estimate of drug-likeness (QED) is 0.262. The number of hydrogen-bond acceptors (Lipinski definition) is 7. The van der Waals surface area contributed by atoms with Crippen LogP contribution in [0.4, 0.5) is 11.4 Å². The lowest BCUT2D eigenvalue weighted by Crippen LogP contribution is -2.48. The summed E-state index contributed by atoms with van der Waals surface area (Å²) in [6.07, 6.45) is 1.85. The van der Waals surface area contributed by atoms with Gasteiger partial charge in [0.25, 0.3) is 10.0 Å². The van der Waals surface area contributed by atoms with Crippen molar-refractivity contribution in [2.75, 3.05) is 48.2 Å². The maximum Gasteiger partial charge on any atom is 0.303 e. The lowest BCUT2D eigenvalue weighted by molar-refractivity contribution is -0.137. The van der Waals surface area contributed by atoms with Crippen LogP contribution < -0.4 is 9.21 Å². The van der Waals surface area contributed by atoms with E-state index in [0.29, 0.717) is 55.0 Å². The Hall–Kier alpha value is -3.87. The molecule has 0 spiro atoms. The molecular weight excluding hydrogens is 590 g/mol. The number of nitrogens with zero attached hydrogens (tertiary/aromatic N) is 3. The van der Waals surface area contributed by atoms with Crippen LogP contribution in [0.25, 0.3) is 11.0 Å². The highest BCUT2D eigenvalue weighted by atomic mass is 32.2. The molecule has 1 fully saturated rings. The number of furan rings is 1. The first-order chi connectivity index (χ1) is 20.4. The fraction of sp³-hybridized carbons (Fsp3) is 0.323. The second kappa shape index (κ2) is 12.4. The molecule has 0 bridgehead atoms. The number of carbonyl (C=O) groups is 1. The van der Waals surface area contributed by atoms with E-state index in [0.717, 1.165) is 16.8 Å². The molecule has 12 heteroatoms. The summed E-state index contributed by atoms with van der Waals surface area (Å²) in [5, 5.41) is 9.70. The van der Waals surface area contributed by atoms with Crippen molar-refractivity contribution in [1.29, 1.82) is 0 Å². The summed E-state index contributed by atoms with van der Waals surface area (Å²) in [4.78, 5) is 13.3. The maximum atomic E-state index is 14.2. The van der Waals surface area contributed by atoms with E-state index in [1.807, 2.05) is 42.5 Å².